The lowest BCUT2D eigenvalue weighted by Gasteiger charge is -2.10. The van der Waals surface area contributed by atoms with E-state index in [0.29, 0.717) is 29.3 Å². The fraction of sp³-hybridized carbons (Fsp3) is 0.176. The molecule has 0 saturated carbocycles. The van der Waals surface area contributed by atoms with Crippen molar-refractivity contribution in [2.45, 2.75) is 13.5 Å². The molecule has 6 nitrogen and oxygen atoms in total. The molecule has 1 amide bonds. The molecule has 0 unspecified atom stereocenters. The van der Waals surface area contributed by atoms with E-state index in [9.17, 15) is 9.90 Å². The minimum absolute atomic E-state index is 0.163. The van der Waals surface area contributed by atoms with Crippen LogP contribution in [0.25, 0.3) is 10.6 Å². The Hall–Kier alpha value is -2.64. The van der Waals surface area contributed by atoms with Gasteiger partial charge >= 0.3 is 0 Å². The first-order valence-corrected chi connectivity index (χ1v) is 8.36. The Morgan fingerprint density at radius 2 is 2.25 bits per heavy atom. The normalized spacial score (nSPS) is 10.6. The summed E-state index contributed by atoms with van der Waals surface area (Å²) in [6.45, 7) is 2.22. The zero-order valence-electron chi connectivity index (χ0n) is 13.1. The maximum absolute atomic E-state index is 12.3. The summed E-state index contributed by atoms with van der Waals surface area (Å²) >= 11 is 1.57. The summed E-state index contributed by atoms with van der Waals surface area (Å²) in [6.07, 6.45) is 0. The van der Waals surface area contributed by atoms with Gasteiger partial charge in [-0.2, -0.15) is 5.10 Å². The molecule has 3 rings (SSSR count). The van der Waals surface area contributed by atoms with Crippen molar-refractivity contribution in [3.63, 3.8) is 0 Å². The van der Waals surface area contributed by atoms with E-state index in [4.69, 9.17) is 4.74 Å². The van der Waals surface area contributed by atoms with E-state index < -0.39 is 0 Å². The number of nitrogens with one attached hydrogen (secondary N) is 2. The zero-order valence-corrected chi connectivity index (χ0v) is 13.9. The molecule has 0 fully saturated rings. The van der Waals surface area contributed by atoms with Gasteiger partial charge in [-0.05, 0) is 42.6 Å². The number of carbonyl (C=O) groups excluding carboxylic acids is 1. The number of amides is 1. The van der Waals surface area contributed by atoms with Crippen LogP contribution in [0.5, 0.6) is 5.75 Å². The lowest BCUT2D eigenvalue weighted by molar-refractivity contribution is 0.102. The van der Waals surface area contributed by atoms with Crippen LogP contribution in [-0.4, -0.2) is 27.8 Å². The van der Waals surface area contributed by atoms with Crippen molar-refractivity contribution in [1.29, 1.82) is 0 Å². The molecule has 1 aromatic carbocycles. The van der Waals surface area contributed by atoms with E-state index in [1.165, 1.54) is 0 Å². The van der Waals surface area contributed by atoms with Crippen LogP contribution in [0.2, 0.25) is 0 Å². The van der Waals surface area contributed by atoms with E-state index in [0.717, 1.165) is 10.6 Å². The second-order valence-corrected chi connectivity index (χ2v) is 5.96. The van der Waals surface area contributed by atoms with Crippen molar-refractivity contribution in [3.05, 3.63) is 53.0 Å². The number of aromatic amines is 1. The highest BCUT2D eigenvalue weighted by molar-refractivity contribution is 7.13. The highest BCUT2D eigenvalue weighted by atomic mass is 32.1. The number of thiophene rings is 1. The van der Waals surface area contributed by atoms with Crippen LogP contribution in [0.4, 0.5) is 5.69 Å². The number of nitrogens with zero attached hydrogens (tertiary/aromatic N) is 1. The largest absolute Gasteiger partial charge is 0.494 e. The van der Waals surface area contributed by atoms with Crippen molar-refractivity contribution in [3.8, 4) is 16.3 Å². The number of benzene rings is 1. The molecule has 124 valence electrons. The number of anilines is 1. The molecule has 0 spiro atoms. The highest BCUT2D eigenvalue weighted by Gasteiger charge is 2.13. The molecule has 0 aliphatic rings. The Bertz CT molecular complexity index is 827. The van der Waals surface area contributed by atoms with Crippen molar-refractivity contribution >= 4 is 22.9 Å². The van der Waals surface area contributed by atoms with Gasteiger partial charge in [-0.15, -0.1) is 11.3 Å². The number of aromatic nitrogens is 2. The molecular formula is C17H17N3O3S. The van der Waals surface area contributed by atoms with Gasteiger partial charge in [-0.1, -0.05) is 6.07 Å². The molecule has 2 heterocycles. The van der Waals surface area contributed by atoms with Crippen LogP contribution in [0.1, 0.15) is 23.0 Å². The van der Waals surface area contributed by atoms with Crippen LogP contribution in [0.15, 0.2) is 41.8 Å². The van der Waals surface area contributed by atoms with Gasteiger partial charge in [0.15, 0.2) is 5.69 Å². The minimum atomic E-state index is -0.317. The third kappa shape index (κ3) is 3.47. The summed E-state index contributed by atoms with van der Waals surface area (Å²) in [4.78, 5) is 13.3. The quantitative estimate of drug-likeness (QED) is 0.641. The number of ether oxygens (including phenoxy) is 1. The molecule has 0 bridgehead atoms. The molecule has 0 aliphatic heterocycles. The number of aliphatic hydroxyl groups excluding tert-OH is 1. The first-order valence-electron chi connectivity index (χ1n) is 7.48. The summed E-state index contributed by atoms with van der Waals surface area (Å²) in [5.74, 6) is 0.292. The molecule has 0 radical (unpaired) electrons. The summed E-state index contributed by atoms with van der Waals surface area (Å²) in [5.41, 5.74) is 2.31. The Morgan fingerprint density at radius 1 is 1.38 bits per heavy atom. The smallest absolute Gasteiger partial charge is 0.276 e. The van der Waals surface area contributed by atoms with E-state index in [1.807, 2.05) is 24.4 Å². The number of hydrogen-bond acceptors (Lipinski definition) is 5. The molecule has 3 aromatic rings. The summed E-state index contributed by atoms with van der Waals surface area (Å²) in [7, 11) is 0. The van der Waals surface area contributed by atoms with Gasteiger partial charge in [-0.3, -0.25) is 9.89 Å². The average Bonchev–Trinajstić information content (AvgIpc) is 3.27. The van der Waals surface area contributed by atoms with Gasteiger partial charge in [0.2, 0.25) is 0 Å². The molecule has 3 N–H and O–H groups in total. The summed E-state index contributed by atoms with van der Waals surface area (Å²) in [6, 6.07) is 10.8. The van der Waals surface area contributed by atoms with Crippen LogP contribution in [0, 0.1) is 0 Å². The zero-order chi connectivity index (χ0) is 16.9. The number of rotatable bonds is 6. The predicted octanol–water partition coefficient (Wildman–Crippen LogP) is 3.28. The van der Waals surface area contributed by atoms with Gasteiger partial charge in [0, 0.05) is 11.3 Å². The molecule has 24 heavy (non-hydrogen) atoms. The molecule has 2 aromatic heterocycles. The molecular weight excluding hydrogens is 326 g/mol. The topological polar surface area (TPSA) is 87.2 Å². The Balaban J connectivity index is 1.75. The first-order chi connectivity index (χ1) is 11.7. The summed E-state index contributed by atoms with van der Waals surface area (Å²) < 4.78 is 5.43. The maximum Gasteiger partial charge on any atom is 0.276 e. The van der Waals surface area contributed by atoms with Gasteiger partial charge in [0.25, 0.3) is 5.91 Å². The number of H-pyrrole nitrogens is 1. The minimum Gasteiger partial charge on any atom is -0.494 e. The number of aliphatic hydroxyl groups is 1. The van der Waals surface area contributed by atoms with Gasteiger partial charge in [-0.25, -0.2) is 0 Å². The van der Waals surface area contributed by atoms with Crippen molar-refractivity contribution in [2.24, 2.45) is 0 Å². The van der Waals surface area contributed by atoms with Crippen molar-refractivity contribution in [2.75, 3.05) is 11.9 Å². The van der Waals surface area contributed by atoms with E-state index >= 15 is 0 Å². The van der Waals surface area contributed by atoms with Crippen molar-refractivity contribution < 1.29 is 14.6 Å². The SMILES string of the molecule is CCOc1ccc(NC(=O)c2cc(-c3cccs3)[nH]n2)cc1CO. The lowest BCUT2D eigenvalue weighted by Crippen LogP contribution is -2.12. The Morgan fingerprint density at radius 3 is 2.96 bits per heavy atom. The van der Waals surface area contributed by atoms with E-state index in [-0.39, 0.29) is 12.5 Å². The number of hydrogen-bond donors (Lipinski definition) is 3. The maximum atomic E-state index is 12.3. The van der Waals surface area contributed by atoms with Gasteiger partial charge < -0.3 is 15.2 Å². The Labute approximate surface area is 143 Å². The first kappa shape index (κ1) is 16.2. The van der Waals surface area contributed by atoms with E-state index in [1.54, 1.807) is 35.6 Å². The average molecular weight is 343 g/mol. The van der Waals surface area contributed by atoms with Crippen LogP contribution >= 0.6 is 11.3 Å². The monoisotopic (exact) mass is 343 g/mol. The van der Waals surface area contributed by atoms with E-state index in [2.05, 4.69) is 15.5 Å². The number of carbonyl (C=O) groups is 1. The molecule has 0 aliphatic carbocycles. The van der Waals surface area contributed by atoms with Crippen LogP contribution < -0.4 is 10.1 Å². The molecule has 0 atom stereocenters. The molecule has 7 heteroatoms. The predicted molar refractivity (Wildman–Crippen MR) is 93.4 cm³/mol. The van der Waals surface area contributed by atoms with Gasteiger partial charge in [0.05, 0.1) is 23.8 Å². The molecule has 0 saturated heterocycles. The standard InChI is InChI=1S/C17H17N3O3S/c1-2-23-15-6-5-12(8-11(15)10-21)18-17(22)14-9-13(19-20-14)16-4-3-7-24-16/h3-9,21H,2,10H2,1H3,(H,18,22)(H,19,20). The fourth-order valence-corrected chi connectivity index (χ4v) is 2.96. The highest BCUT2D eigenvalue weighted by Crippen LogP contribution is 2.25. The van der Waals surface area contributed by atoms with Crippen LogP contribution in [-0.2, 0) is 6.61 Å². The Kier molecular flexibility index (Phi) is 4.93. The van der Waals surface area contributed by atoms with Crippen LogP contribution in [0.3, 0.4) is 0 Å². The lowest BCUT2D eigenvalue weighted by atomic mass is 10.2. The second kappa shape index (κ2) is 7.29. The third-order valence-corrected chi connectivity index (χ3v) is 4.29. The second-order valence-electron chi connectivity index (χ2n) is 5.01. The van der Waals surface area contributed by atoms with Crippen molar-refractivity contribution in [1.82, 2.24) is 10.2 Å². The van der Waals surface area contributed by atoms with Gasteiger partial charge in [0.1, 0.15) is 5.75 Å². The summed E-state index contributed by atoms with van der Waals surface area (Å²) in [5, 5.41) is 21.1. The third-order valence-electron chi connectivity index (χ3n) is 3.39. The fourth-order valence-electron chi connectivity index (χ4n) is 2.27.